The second-order valence-electron chi connectivity index (χ2n) is 5.41. The largest absolute Gasteiger partial charge is 0.465 e. The molecule has 110 valence electrons. The van der Waals surface area contributed by atoms with Crippen LogP contribution in [0.25, 0.3) is 10.8 Å². The summed E-state index contributed by atoms with van der Waals surface area (Å²) in [6, 6.07) is 22.4. The highest BCUT2D eigenvalue weighted by molar-refractivity contribution is 5.90. The van der Waals surface area contributed by atoms with Crippen LogP contribution in [0, 0.1) is 0 Å². The zero-order chi connectivity index (χ0) is 15.5. The van der Waals surface area contributed by atoms with Crippen molar-refractivity contribution in [3.8, 4) is 0 Å². The van der Waals surface area contributed by atoms with Crippen molar-refractivity contribution in [3.05, 3.63) is 83.4 Å². The van der Waals surface area contributed by atoms with E-state index in [2.05, 4.69) is 55.5 Å². The second-order valence-corrected chi connectivity index (χ2v) is 5.41. The lowest BCUT2D eigenvalue weighted by Crippen LogP contribution is -2.03. The van der Waals surface area contributed by atoms with Crippen molar-refractivity contribution in [2.75, 3.05) is 7.11 Å². The van der Waals surface area contributed by atoms with Crippen LogP contribution in [0.2, 0.25) is 0 Å². The van der Waals surface area contributed by atoms with Gasteiger partial charge in [-0.2, -0.15) is 0 Å². The average Bonchev–Trinajstić information content (AvgIpc) is 2.60. The topological polar surface area (TPSA) is 26.3 Å². The van der Waals surface area contributed by atoms with E-state index in [0.29, 0.717) is 5.56 Å². The van der Waals surface area contributed by atoms with Crippen molar-refractivity contribution in [1.29, 1.82) is 0 Å². The van der Waals surface area contributed by atoms with Gasteiger partial charge in [-0.25, -0.2) is 4.79 Å². The quantitative estimate of drug-likeness (QED) is 0.649. The summed E-state index contributed by atoms with van der Waals surface area (Å²) in [6.07, 6.45) is 0. The van der Waals surface area contributed by atoms with Crippen LogP contribution in [-0.4, -0.2) is 13.1 Å². The Morgan fingerprint density at radius 3 is 2.50 bits per heavy atom. The SMILES string of the molecule is COC(=O)c1cccc(C(C)c2cccc3ccccc23)c1. The fourth-order valence-corrected chi connectivity index (χ4v) is 2.86. The Kier molecular flexibility index (Phi) is 3.92. The van der Waals surface area contributed by atoms with Crippen molar-refractivity contribution in [3.63, 3.8) is 0 Å². The molecule has 0 saturated carbocycles. The van der Waals surface area contributed by atoms with E-state index in [1.54, 1.807) is 6.07 Å². The first-order valence-electron chi connectivity index (χ1n) is 7.36. The van der Waals surface area contributed by atoms with E-state index < -0.39 is 0 Å². The summed E-state index contributed by atoms with van der Waals surface area (Å²) < 4.78 is 4.81. The number of benzene rings is 3. The predicted octanol–water partition coefficient (Wildman–Crippen LogP) is 4.78. The molecule has 0 N–H and O–H groups in total. The maximum atomic E-state index is 11.7. The molecular formula is C20H18O2. The zero-order valence-electron chi connectivity index (χ0n) is 12.7. The van der Waals surface area contributed by atoms with Crippen LogP contribution in [0.3, 0.4) is 0 Å². The van der Waals surface area contributed by atoms with Crippen LogP contribution >= 0.6 is 0 Å². The Bertz CT molecular complexity index is 815. The molecule has 2 heteroatoms. The predicted molar refractivity (Wildman–Crippen MR) is 89.2 cm³/mol. The van der Waals surface area contributed by atoms with Gasteiger partial charge in [0.05, 0.1) is 12.7 Å². The van der Waals surface area contributed by atoms with E-state index in [4.69, 9.17) is 4.74 Å². The van der Waals surface area contributed by atoms with E-state index >= 15 is 0 Å². The molecular weight excluding hydrogens is 272 g/mol. The number of rotatable bonds is 3. The molecule has 1 atom stereocenters. The fourth-order valence-electron chi connectivity index (χ4n) is 2.86. The summed E-state index contributed by atoms with van der Waals surface area (Å²) in [7, 11) is 1.41. The summed E-state index contributed by atoms with van der Waals surface area (Å²) in [5, 5.41) is 2.48. The summed E-state index contributed by atoms with van der Waals surface area (Å²) in [4.78, 5) is 11.7. The van der Waals surface area contributed by atoms with Gasteiger partial charge in [0.1, 0.15) is 0 Å². The lowest BCUT2D eigenvalue weighted by atomic mass is 9.88. The van der Waals surface area contributed by atoms with Crippen LogP contribution in [0.5, 0.6) is 0 Å². The number of hydrogen-bond acceptors (Lipinski definition) is 2. The highest BCUT2D eigenvalue weighted by Gasteiger charge is 2.14. The first kappa shape index (κ1) is 14.3. The highest BCUT2D eigenvalue weighted by atomic mass is 16.5. The summed E-state index contributed by atoms with van der Waals surface area (Å²) in [6.45, 7) is 2.16. The number of esters is 1. The molecule has 0 heterocycles. The maximum absolute atomic E-state index is 11.7. The number of carbonyl (C=O) groups excluding carboxylic acids is 1. The van der Waals surface area contributed by atoms with Crippen molar-refractivity contribution >= 4 is 16.7 Å². The van der Waals surface area contributed by atoms with Crippen molar-refractivity contribution in [2.24, 2.45) is 0 Å². The molecule has 0 radical (unpaired) electrons. The van der Waals surface area contributed by atoms with Gasteiger partial charge in [-0.15, -0.1) is 0 Å². The molecule has 3 aromatic rings. The molecule has 2 nitrogen and oxygen atoms in total. The minimum absolute atomic E-state index is 0.204. The third-order valence-electron chi connectivity index (χ3n) is 4.10. The maximum Gasteiger partial charge on any atom is 0.337 e. The van der Waals surface area contributed by atoms with Gasteiger partial charge in [-0.05, 0) is 34.0 Å². The fraction of sp³-hybridized carbons (Fsp3) is 0.150. The molecule has 22 heavy (non-hydrogen) atoms. The van der Waals surface area contributed by atoms with Gasteiger partial charge < -0.3 is 4.74 Å². The van der Waals surface area contributed by atoms with Crippen molar-refractivity contribution < 1.29 is 9.53 Å². The Morgan fingerprint density at radius 2 is 1.68 bits per heavy atom. The molecule has 0 aliphatic carbocycles. The normalized spacial score (nSPS) is 12.1. The van der Waals surface area contributed by atoms with E-state index in [1.165, 1.54) is 23.4 Å². The number of methoxy groups -OCH3 is 1. The van der Waals surface area contributed by atoms with E-state index in [9.17, 15) is 4.79 Å². The zero-order valence-corrected chi connectivity index (χ0v) is 12.7. The lowest BCUT2D eigenvalue weighted by molar-refractivity contribution is 0.0600. The monoisotopic (exact) mass is 290 g/mol. The van der Waals surface area contributed by atoms with Crippen LogP contribution in [0.1, 0.15) is 34.3 Å². The first-order valence-corrected chi connectivity index (χ1v) is 7.36. The van der Waals surface area contributed by atoms with Crippen LogP contribution in [0.4, 0.5) is 0 Å². The van der Waals surface area contributed by atoms with Crippen molar-refractivity contribution in [1.82, 2.24) is 0 Å². The Hall–Kier alpha value is -2.61. The molecule has 0 saturated heterocycles. The Labute approximate surface area is 130 Å². The lowest BCUT2D eigenvalue weighted by Gasteiger charge is -2.16. The molecule has 0 amide bonds. The van der Waals surface area contributed by atoms with Gasteiger partial charge in [0, 0.05) is 5.92 Å². The van der Waals surface area contributed by atoms with Gasteiger partial charge >= 0.3 is 5.97 Å². The number of ether oxygens (including phenoxy) is 1. The Morgan fingerprint density at radius 1 is 0.955 bits per heavy atom. The van der Waals surface area contributed by atoms with Crippen LogP contribution in [0.15, 0.2) is 66.7 Å². The number of hydrogen-bond donors (Lipinski definition) is 0. The summed E-state index contributed by atoms with van der Waals surface area (Å²) >= 11 is 0. The second kappa shape index (κ2) is 6.02. The van der Waals surface area contributed by atoms with E-state index in [-0.39, 0.29) is 11.9 Å². The molecule has 1 unspecified atom stereocenters. The van der Waals surface area contributed by atoms with E-state index in [1.807, 2.05) is 12.1 Å². The van der Waals surface area contributed by atoms with Crippen LogP contribution < -0.4 is 0 Å². The Balaban J connectivity index is 2.06. The molecule has 0 aromatic heterocycles. The minimum Gasteiger partial charge on any atom is -0.465 e. The third-order valence-corrected chi connectivity index (χ3v) is 4.10. The van der Waals surface area contributed by atoms with Crippen molar-refractivity contribution in [2.45, 2.75) is 12.8 Å². The van der Waals surface area contributed by atoms with Gasteiger partial charge in [0.25, 0.3) is 0 Å². The smallest absolute Gasteiger partial charge is 0.337 e. The highest BCUT2D eigenvalue weighted by Crippen LogP contribution is 2.30. The standard InChI is InChI=1S/C20H18O2/c1-14(16-9-5-10-17(13-16)20(21)22-2)18-12-6-8-15-7-3-4-11-19(15)18/h3-14H,1-2H3. The minimum atomic E-state index is -0.299. The van der Waals surface area contributed by atoms with Crippen LogP contribution in [-0.2, 0) is 4.74 Å². The van der Waals surface area contributed by atoms with Gasteiger partial charge in [-0.1, -0.05) is 61.5 Å². The summed E-state index contributed by atoms with van der Waals surface area (Å²) in [5.41, 5.74) is 2.96. The molecule has 0 aliphatic heterocycles. The molecule has 3 aromatic carbocycles. The average molecular weight is 290 g/mol. The molecule has 0 bridgehead atoms. The van der Waals surface area contributed by atoms with Gasteiger partial charge in [0.2, 0.25) is 0 Å². The van der Waals surface area contributed by atoms with E-state index in [0.717, 1.165) is 5.56 Å². The summed E-state index contributed by atoms with van der Waals surface area (Å²) in [5.74, 6) is -0.0947. The number of fused-ring (bicyclic) bond motifs is 1. The molecule has 3 rings (SSSR count). The first-order chi connectivity index (χ1) is 10.7. The number of carbonyl (C=O) groups is 1. The molecule has 0 fully saturated rings. The van der Waals surface area contributed by atoms with Gasteiger partial charge in [0.15, 0.2) is 0 Å². The van der Waals surface area contributed by atoms with Gasteiger partial charge in [-0.3, -0.25) is 0 Å². The third kappa shape index (κ3) is 2.60. The molecule has 0 spiro atoms. The molecule has 0 aliphatic rings.